The highest BCUT2D eigenvalue weighted by Gasteiger charge is 2.24. The van der Waals surface area contributed by atoms with Gasteiger partial charge in [0, 0.05) is 18.0 Å². The lowest BCUT2D eigenvalue weighted by molar-refractivity contribution is -0.149. The molecule has 3 N–H and O–H groups in total. The summed E-state index contributed by atoms with van der Waals surface area (Å²) in [7, 11) is 0. The Morgan fingerprint density at radius 2 is 1.36 bits per heavy atom. The van der Waals surface area contributed by atoms with Crippen LogP contribution in [-0.2, 0) is 20.7 Å². The summed E-state index contributed by atoms with van der Waals surface area (Å²) in [6.07, 6.45) is 0.193. The third-order valence-electron chi connectivity index (χ3n) is 5.12. The highest BCUT2D eigenvalue weighted by atomic mass is 16.5. The predicted octanol–water partition coefficient (Wildman–Crippen LogP) is 3.35. The average molecular weight is 488 g/mol. The van der Waals surface area contributed by atoms with Crippen molar-refractivity contribution < 1.29 is 23.9 Å². The normalized spacial score (nSPS) is 11.3. The zero-order valence-electron chi connectivity index (χ0n) is 20.2. The van der Waals surface area contributed by atoms with Gasteiger partial charge in [0.15, 0.2) is 6.61 Å². The molecule has 1 atom stereocenters. The molecule has 0 radical (unpaired) electrons. The third kappa shape index (κ3) is 7.80. The Bertz CT molecular complexity index is 1200. The van der Waals surface area contributed by atoms with E-state index >= 15 is 0 Å². The van der Waals surface area contributed by atoms with Crippen LogP contribution in [0.3, 0.4) is 0 Å². The number of nitrogens with one attached hydrogen (secondary N) is 3. The van der Waals surface area contributed by atoms with E-state index in [1.165, 1.54) is 0 Å². The highest BCUT2D eigenvalue weighted by molar-refractivity contribution is 6.04. The van der Waals surface area contributed by atoms with Gasteiger partial charge in [-0.1, -0.05) is 60.7 Å². The smallest absolute Gasteiger partial charge is 0.329 e. The summed E-state index contributed by atoms with van der Waals surface area (Å²) >= 11 is 0. The molecule has 186 valence electrons. The molecule has 0 aromatic heterocycles. The largest absolute Gasteiger partial charge is 0.454 e. The molecule has 0 fully saturated rings. The Kier molecular flexibility index (Phi) is 9.33. The molecular formula is C28H29N3O5. The topological polar surface area (TPSA) is 114 Å². The average Bonchev–Trinajstić information content (AvgIpc) is 2.88. The fourth-order valence-corrected chi connectivity index (χ4v) is 3.43. The van der Waals surface area contributed by atoms with Crippen LogP contribution in [0, 0.1) is 0 Å². The van der Waals surface area contributed by atoms with Gasteiger partial charge in [0.1, 0.15) is 6.04 Å². The van der Waals surface area contributed by atoms with Crippen LogP contribution in [0.2, 0.25) is 0 Å². The number of esters is 1. The quantitative estimate of drug-likeness (QED) is 0.380. The van der Waals surface area contributed by atoms with Crippen LogP contribution >= 0.6 is 0 Å². The molecule has 3 aromatic rings. The number of para-hydroxylation sites is 1. The SMILES string of the molecule is CC(C)NC(=O)c1ccccc1NC(=O)COC(=O)C(Cc1ccccc1)NC(=O)c1ccccc1. The summed E-state index contributed by atoms with van der Waals surface area (Å²) in [5.74, 6) is -2.11. The molecule has 3 aromatic carbocycles. The summed E-state index contributed by atoms with van der Waals surface area (Å²) in [5.41, 5.74) is 1.82. The first kappa shape index (κ1) is 26.2. The number of rotatable bonds is 10. The van der Waals surface area contributed by atoms with Crippen molar-refractivity contribution in [1.29, 1.82) is 0 Å². The molecule has 8 nitrogen and oxygen atoms in total. The fourth-order valence-electron chi connectivity index (χ4n) is 3.43. The number of ether oxygens (including phenoxy) is 1. The highest BCUT2D eigenvalue weighted by Crippen LogP contribution is 2.15. The molecule has 8 heteroatoms. The minimum absolute atomic E-state index is 0.0742. The van der Waals surface area contributed by atoms with Crippen molar-refractivity contribution >= 4 is 29.4 Å². The molecular weight excluding hydrogens is 458 g/mol. The number of benzene rings is 3. The first-order valence-electron chi connectivity index (χ1n) is 11.6. The first-order chi connectivity index (χ1) is 17.3. The molecule has 3 amide bonds. The van der Waals surface area contributed by atoms with Gasteiger partial charge < -0.3 is 20.7 Å². The van der Waals surface area contributed by atoms with Gasteiger partial charge in [-0.15, -0.1) is 0 Å². The lowest BCUT2D eigenvalue weighted by Crippen LogP contribution is -2.44. The van der Waals surface area contributed by atoms with Crippen molar-refractivity contribution in [3.05, 3.63) is 102 Å². The summed E-state index contributed by atoms with van der Waals surface area (Å²) in [6.45, 7) is 3.09. The van der Waals surface area contributed by atoms with Crippen LogP contribution in [0.5, 0.6) is 0 Å². The lowest BCUT2D eigenvalue weighted by atomic mass is 10.1. The number of hydrogen-bond acceptors (Lipinski definition) is 5. The van der Waals surface area contributed by atoms with Crippen LogP contribution in [0.4, 0.5) is 5.69 Å². The molecule has 0 bridgehead atoms. The van der Waals surface area contributed by atoms with E-state index in [0.717, 1.165) is 5.56 Å². The van der Waals surface area contributed by atoms with Gasteiger partial charge in [0.2, 0.25) is 0 Å². The van der Waals surface area contributed by atoms with E-state index in [-0.39, 0.29) is 18.4 Å². The Hall–Kier alpha value is -4.46. The van der Waals surface area contributed by atoms with Gasteiger partial charge in [-0.25, -0.2) is 4.79 Å². The zero-order valence-corrected chi connectivity index (χ0v) is 20.2. The van der Waals surface area contributed by atoms with Crippen LogP contribution in [0.1, 0.15) is 40.1 Å². The summed E-state index contributed by atoms with van der Waals surface area (Å²) in [5, 5.41) is 8.09. The van der Waals surface area contributed by atoms with Gasteiger partial charge in [0.05, 0.1) is 11.3 Å². The van der Waals surface area contributed by atoms with Crippen molar-refractivity contribution in [2.45, 2.75) is 32.4 Å². The second-order valence-electron chi connectivity index (χ2n) is 8.41. The van der Waals surface area contributed by atoms with E-state index in [0.29, 0.717) is 16.8 Å². The van der Waals surface area contributed by atoms with E-state index in [4.69, 9.17) is 4.74 Å². The Balaban J connectivity index is 1.65. The molecule has 0 spiro atoms. The monoisotopic (exact) mass is 487 g/mol. The molecule has 0 saturated heterocycles. The summed E-state index contributed by atoms with van der Waals surface area (Å²) < 4.78 is 5.25. The Morgan fingerprint density at radius 3 is 2.03 bits per heavy atom. The number of carbonyl (C=O) groups is 4. The number of amides is 3. The van der Waals surface area contributed by atoms with Crippen molar-refractivity contribution in [1.82, 2.24) is 10.6 Å². The minimum Gasteiger partial charge on any atom is -0.454 e. The van der Waals surface area contributed by atoms with Crippen molar-refractivity contribution in [2.24, 2.45) is 0 Å². The second kappa shape index (κ2) is 12.9. The maximum Gasteiger partial charge on any atom is 0.329 e. The second-order valence-corrected chi connectivity index (χ2v) is 8.41. The number of hydrogen-bond donors (Lipinski definition) is 3. The molecule has 1 unspecified atom stereocenters. The van der Waals surface area contributed by atoms with Crippen LogP contribution in [-0.4, -0.2) is 42.4 Å². The van der Waals surface area contributed by atoms with Crippen molar-refractivity contribution in [3.8, 4) is 0 Å². The molecule has 0 heterocycles. The first-order valence-corrected chi connectivity index (χ1v) is 11.6. The minimum atomic E-state index is -1.00. The molecule has 0 aliphatic carbocycles. The molecule has 3 rings (SSSR count). The third-order valence-corrected chi connectivity index (χ3v) is 5.12. The van der Waals surface area contributed by atoms with Gasteiger partial charge in [-0.2, -0.15) is 0 Å². The molecule has 36 heavy (non-hydrogen) atoms. The van der Waals surface area contributed by atoms with Crippen LogP contribution in [0.15, 0.2) is 84.9 Å². The van der Waals surface area contributed by atoms with E-state index < -0.39 is 30.4 Å². The standard InChI is InChI=1S/C28H29N3O5/c1-19(2)29-27(34)22-15-9-10-16-23(22)30-25(32)18-36-28(35)24(17-20-11-5-3-6-12-20)31-26(33)21-13-7-4-8-14-21/h3-16,19,24H,17-18H2,1-2H3,(H,29,34)(H,30,32)(H,31,33). The maximum absolute atomic E-state index is 12.9. The van der Waals surface area contributed by atoms with Gasteiger partial charge in [-0.3, -0.25) is 14.4 Å². The number of carbonyl (C=O) groups excluding carboxylic acids is 4. The van der Waals surface area contributed by atoms with Gasteiger partial charge >= 0.3 is 5.97 Å². The summed E-state index contributed by atoms with van der Waals surface area (Å²) in [4.78, 5) is 50.5. The number of anilines is 1. The van der Waals surface area contributed by atoms with Crippen LogP contribution in [0.25, 0.3) is 0 Å². The van der Waals surface area contributed by atoms with Gasteiger partial charge in [0.25, 0.3) is 17.7 Å². The zero-order chi connectivity index (χ0) is 25.9. The predicted molar refractivity (Wildman–Crippen MR) is 136 cm³/mol. The lowest BCUT2D eigenvalue weighted by Gasteiger charge is -2.18. The summed E-state index contributed by atoms with van der Waals surface area (Å²) in [6, 6.07) is 23.2. The van der Waals surface area contributed by atoms with E-state index in [9.17, 15) is 19.2 Å². The fraction of sp³-hybridized carbons (Fsp3) is 0.214. The van der Waals surface area contributed by atoms with E-state index in [2.05, 4.69) is 16.0 Å². The van der Waals surface area contributed by atoms with Crippen molar-refractivity contribution in [3.63, 3.8) is 0 Å². The Labute approximate surface area is 210 Å². The maximum atomic E-state index is 12.9. The van der Waals surface area contributed by atoms with E-state index in [1.807, 2.05) is 44.2 Å². The molecule has 0 aliphatic rings. The van der Waals surface area contributed by atoms with Crippen molar-refractivity contribution in [2.75, 3.05) is 11.9 Å². The van der Waals surface area contributed by atoms with E-state index in [1.54, 1.807) is 54.6 Å². The molecule has 0 aliphatic heterocycles. The molecule has 0 saturated carbocycles. The van der Waals surface area contributed by atoms with Crippen LogP contribution < -0.4 is 16.0 Å². The Morgan fingerprint density at radius 1 is 0.750 bits per heavy atom. The van der Waals surface area contributed by atoms with Gasteiger partial charge in [-0.05, 0) is 43.7 Å².